The number of rotatable bonds is 10. The standard InChI is InChI=1S/C8H10O7P/c9-3-1-7(11)5-14-16(13)15-6-8(12)2-4-10/h3-4H,1-2,5-6H2/q+1. The molecule has 7 nitrogen and oxygen atoms in total. The van der Waals surface area contributed by atoms with Crippen molar-refractivity contribution in [2.75, 3.05) is 13.2 Å². The first-order valence-corrected chi connectivity index (χ1v) is 5.33. The highest BCUT2D eigenvalue weighted by atomic mass is 31.1. The van der Waals surface area contributed by atoms with E-state index in [1.807, 2.05) is 0 Å². The number of hydrogen-bond donors (Lipinski definition) is 0. The smallest absolute Gasteiger partial charge is 0.303 e. The van der Waals surface area contributed by atoms with Crippen molar-refractivity contribution in [1.82, 2.24) is 0 Å². The lowest BCUT2D eigenvalue weighted by Gasteiger charge is -1.89. The van der Waals surface area contributed by atoms with Gasteiger partial charge in [-0.25, -0.2) is 0 Å². The van der Waals surface area contributed by atoms with Crippen molar-refractivity contribution in [3.8, 4) is 0 Å². The molecule has 0 unspecified atom stereocenters. The zero-order valence-electron chi connectivity index (χ0n) is 8.29. The maximum Gasteiger partial charge on any atom is 0.698 e. The van der Waals surface area contributed by atoms with Gasteiger partial charge in [-0.05, 0) is 0 Å². The molecular weight excluding hydrogens is 239 g/mol. The lowest BCUT2D eigenvalue weighted by atomic mass is 10.3. The van der Waals surface area contributed by atoms with Gasteiger partial charge in [-0.1, -0.05) is 0 Å². The lowest BCUT2D eigenvalue weighted by molar-refractivity contribution is -0.124. The fourth-order valence-corrected chi connectivity index (χ4v) is 1.16. The summed E-state index contributed by atoms with van der Waals surface area (Å²) >= 11 is 0. The lowest BCUT2D eigenvalue weighted by Crippen LogP contribution is -2.08. The summed E-state index contributed by atoms with van der Waals surface area (Å²) in [6.07, 6.45) is 0.140. The number of aldehydes is 2. The van der Waals surface area contributed by atoms with E-state index in [4.69, 9.17) is 0 Å². The SMILES string of the molecule is O=CCC(=O)CO[P+](=O)OCC(=O)CC=O. The van der Waals surface area contributed by atoms with Gasteiger partial charge in [-0.15, -0.1) is 9.05 Å². The van der Waals surface area contributed by atoms with Crippen LogP contribution in [0.4, 0.5) is 0 Å². The average Bonchev–Trinajstić information content (AvgIpc) is 2.24. The molecule has 16 heavy (non-hydrogen) atoms. The first-order chi connectivity index (χ1) is 7.60. The molecule has 0 amide bonds. The monoisotopic (exact) mass is 249 g/mol. The number of Topliss-reactive ketones (excluding diaryl/α,β-unsaturated/α-hetero) is 2. The molecular formula is C8H10O7P+. The Morgan fingerprint density at radius 1 is 0.938 bits per heavy atom. The van der Waals surface area contributed by atoms with Crippen LogP contribution >= 0.6 is 8.25 Å². The molecule has 0 bridgehead atoms. The Morgan fingerprint density at radius 3 is 1.62 bits per heavy atom. The van der Waals surface area contributed by atoms with Crippen LogP contribution in [0.3, 0.4) is 0 Å². The zero-order chi connectivity index (χ0) is 12.4. The summed E-state index contributed by atoms with van der Waals surface area (Å²) in [4.78, 5) is 41.2. The van der Waals surface area contributed by atoms with Crippen molar-refractivity contribution in [1.29, 1.82) is 0 Å². The van der Waals surface area contributed by atoms with Crippen molar-refractivity contribution < 1.29 is 32.8 Å². The molecule has 0 atom stereocenters. The van der Waals surface area contributed by atoms with Crippen molar-refractivity contribution in [3.05, 3.63) is 0 Å². The van der Waals surface area contributed by atoms with Crippen LogP contribution in [0, 0.1) is 0 Å². The van der Waals surface area contributed by atoms with E-state index < -0.39 is 33.0 Å². The molecule has 0 spiro atoms. The third-order valence-electron chi connectivity index (χ3n) is 1.28. The molecule has 0 aliphatic heterocycles. The minimum atomic E-state index is -2.59. The van der Waals surface area contributed by atoms with Crippen molar-refractivity contribution in [2.24, 2.45) is 0 Å². The second-order valence-electron chi connectivity index (χ2n) is 2.59. The van der Waals surface area contributed by atoms with E-state index in [1.54, 1.807) is 0 Å². The summed E-state index contributed by atoms with van der Waals surface area (Å²) in [6.45, 7) is -1.04. The molecule has 0 aromatic carbocycles. The topological polar surface area (TPSA) is 104 Å². The Balaban J connectivity index is 3.66. The summed E-state index contributed by atoms with van der Waals surface area (Å²) in [7, 11) is -2.59. The largest absolute Gasteiger partial charge is 0.698 e. The van der Waals surface area contributed by atoms with Crippen LogP contribution in [0.2, 0.25) is 0 Å². The molecule has 0 N–H and O–H groups in total. The van der Waals surface area contributed by atoms with Gasteiger partial charge in [-0.3, -0.25) is 9.59 Å². The summed E-state index contributed by atoms with van der Waals surface area (Å²) < 4.78 is 19.7. The Hall–Kier alpha value is -1.30. The van der Waals surface area contributed by atoms with Crippen LogP contribution in [-0.2, 0) is 32.8 Å². The second kappa shape index (κ2) is 8.96. The van der Waals surface area contributed by atoms with E-state index in [0.717, 1.165) is 0 Å². The molecule has 0 aliphatic carbocycles. The van der Waals surface area contributed by atoms with Crippen molar-refractivity contribution >= 4 is 32.4 Å². The average molecular weight is 249 g/mol. The Labute approximate surface area is 92.0 Å². The summed E-state index contributed by atoms with van der Waals surface area (Å²) in [5, 5.41) is 0. The van der Waals surface area contributed by atoms with Gasteiger partial charge in [0.25, 0.3) is 0 Å². The zero-order valence-corrected chi connectivity index (χ0v) is 9.18. The maximum absolute atomic E-state index is 10.9. The van der Waals surface area contributed by atoms with Crippen LogP contribution in [0.1, 0.15) is 12.8 Å². The highest BCUT2D eigenvalue weighted by Crippen LogP contribution is 2.23. The molecule has 0 saturated heterocycles. The Kier molecular flexibility index (Phi) is 8.24. The predicted octanol–water partition coefficient (Wildman–Crippen LogP) is -0.00680. The molecule has 0 aromatic heterocycles. The van der Waals surface area contributed by atoms with Crippen molar-refractivity contribution in [2.45, 2.75) is 12.8 Å². The van der Waals surface area contributed by atoms with Gasteiger partial charge >= 0.3 is 8.25 Å². The molecule has 0 rings (SSSR count). The molecule has 0 saturated carbocycles. The Bertz CT molecular complexity index is 271. The fourth-order valence-electron chi connectivity index (χ4n) is 0.590. The molecule has 0 aromatic rings. The predicted molar refractivity (Wildman–Crippen MR) is 50.9 cm³/mol. The van der Waals surface area contributed by atoms with E-state index in [-0.39, 0.29) is 12.8 Å². The number of ketones is 2. The second-order valence-corrected chi connectivity index (χ2v) is 3.55. The molecule has 0 radical (unpaired) electrons. The number of hydrogen-bond acceptors (Lipinski definition) is 7. The minimum absolute atomic E-state index is 0.326. The van der Waals surface area contributed by atoms with Crippen LogP contribution in [0.25, 0.3) is 0 Å². The third-order valence-corrected chi connectivity index (χ3v) is 1.96. The van der Waals surface area contributed by atoms with E-state index in [0.29, 0.717) is 12.6 Å². The number of carbonyl (C=O) groups is 4. The molecule has 88 valence electrons. The highest BCUT2D eigenvalue weighted by molar-refractivity contribution is 7.33. The minimum Gasteiger partial charge on any atom is -0.303 e. The quantitative estimate of drug-likeness (QED) is 0.304. The van der Waals surface area contributed by atoms with E-state index in [1.165, 1.54) is 0 Å². The summed E-state index contributed by atoms with van der Waals surface area (Å²) in [5.74, 6) is -1.08. The van der Waals surface area contributed by atoms with E-state index in [9.17, 15) is 23.7 Å². The molecule has 0 heterocycles. The van der Waals surface area contributed by atoms with Crippen LogP contribution < -0.4 is 0 Å². The van der Waals surface area contributed by atoms with Gasteiger partial charge in [0.2, 0.25) is 0 Å². The van der Waals surface area contributed by atoms with Gasteiger partial charge in [0, 0.05) is 4.57 Å². The van der Waals surface area contributed by atoms with Gasteiger partial charge < -0.3 is 9.59 Å². The van der Waals surface area contributed by atoms with Crippen LogP contribution in [0.15, 0.2) is 0 Å². The normalized spacial score (nSPS) is 9.50. The molecule has 0 fully saturated rings. The van der Waals surface area contributed by atoms with Gasteiger partial charge in [0.15, 0.2) is 24.8 Å². The summed E-state index contributed by atoms with van der Waals surface area (Å²) in [6, 6.07) is 0. The van der Waals surface area contributed by atoms with Crippen molar-refractivity contribution in [3.63, 3.8) is 0 Å². The van der Waals surface area contributed by atoms with Gasteiger partial charge in [0.05, 0.1) is 12.8 Å². The van der Waals surface area contributed by atoms with Crippen LogP contribution in [0.5, 0.6) is 0 Å². The number of carbonyl (C=O) groups excluding carboxylic acids is 4. The van der Waals surface area contributed by atoms with Gasteiger partial charge in [0.1, 0.15) is 12.6 Å². The summed E-state index contributed by atoms with van der Waals surface area (Å²) in [5.41, 5.74) is 0. The third kappa shape index (κ3) is 8.05. The fraction of sp³-hybridized carbons (Fsp3) is 0.500. The first-order valence-electron chi connectivity index (χ1n) is 4.24. The first kappa shape index (κ1) is 14.7. The van der Waals surface area contributed by atoms with Crippen LogP contribution in [-0.4, -0.2) is 37.4 Å². The Morgan fingerprint density at radius 2 is 1.31 bits per heavy atom. The molecule has 0 aliphatic rings. The highest BCUT2D eigenvalue weighted by Gasteiger charge is 2.23. The van der Waals surface area contributed by atoms with Gasteiger partial charge in [-0.2, -0.15) is 0 Å². The van der Waals surface area contributed by atoms with E-state index in [2.05, 4.69) is 9.05 Å². The maximum atomic E-state index is 10.9. The van der Waals surface area contributed by atoms with E-state index >= 15 is 0 Å². The molecule has 8 heteroatoms.